The molecule has 0 atom stereocenters. The predicted octanol–water partition coefficient (Wildman–Crippen LogP) is 4.39. The number of hydrogen-bond donors (Lipinski definition) is 0. The van der Waals surface area contributed by atoms with E-state index in [-0.39, 0.29) is 39.9 Å². The molecule has 0 radical (unpaired) electrons. The van der Waals surface area contributed by atoms with Crippen LogP contribution in [-0.4, -0.2) is 71.0 Å². The van der Waals surface area contributed by atoms with Crippen molar-refractivity contribution in [1.82, 2.24) is 0 Å². The summed E-state index contributed by atoms with van der Waals surface area (Å²) in [5, 5.41) is 0. The zero-order chi connectivity index (χ0) is 33.4. The smallest absolute Gasteiger partial charge is 0.300 e. The van der Waals surface area contributed by atoms with Gasteiger partial charge in [-0.15, -0.1) is 0 Å². The van der Waals surface area contributed by atoms with Crippen LogP contribution in [-0.2, 0) is 38.4 Å². The Kier molecular flexibility index (Phi) is 24.5. The first-order chi connectivity index (χ1) is 17.3. The van der Waals surface area contributed by atoms with E-state index in [4.69, 9.17) is 0 Å². The first-order valence-electron chi connectivity index (χ1n) is 9.73. The van der Waals surface area contributed by atoms with E-state index in [1.807, 2.05) is 0 Å². The fraction of sp³-hybridized carbons (Fsp3) is 0.600. The summed E-state index contributed by atoms with van der Waals surface area (Å²) in [5.41, 5.74) is 0. The zero-order valence-corrected chi connectivity index (χ0v) is 25.2. The first-order valence-corrected chi connectivity index (χ1v) is 9.73. The van der Waals surface area contributed by atoms with Gasteiger partial charge in [-0.25, -0.2) is 0 Å². The fourth-order valence-electron chi connectivity index (χ4n) is 1.31. The summed E-state index contributed by atoms with van der Waals surface area (Å²) in [6.45, 7) is 3.74. The van der Waals surface area contributed by atoms with E-state index in [2.05, 4.69) is 0 Å². The zero-order valence-electron chi connectivity index (χ0n) is 21.1. The van der Waals surface area contributed by atoms with Crippen molar-refractivity contribution in [2.45, 2.75) is 78.1 Å². The van der Waals surface area contributed by atoms with Gasteiger partial charge in [-0.1, -0.05) is 0 Å². The minimum atomic E-state index is -4.87. The SMILES string of the molecule is CC(=O)CC(=O)C(F)(F)F.CC(=O)CC(=O)C(F)(F)F.CC(=O)CC(=O)C(F)(F)F.CC(=O)CC(=O)C(F)(F)F.[Th]. The largest absolute Gasteiger partial charge is 0.450 e. The van der Waals surface area contributed by atoms with Crippen molar-refractivity contribution in [3.63, 3.8) is 0 Å². The molecule has 0 aromatic rings. The Morgan fingerprint density at radius 2 is 0.439 bits per heavy atom. The third-order valence-electron chi connectivity index (χ3n) is 2.90. The average Bonchev–Trinajstić information content (AvgIpc) is 2.64. The van der Waals surface area contributed by atoms with Crippen LogP contribution in [0.1, 0.15) is 53.4 Å². The number of hydrogen-bond acceptors (Lipinski definition) is 8. The van der Waals surface area contributed by atoms with Crippen molar-refractivity contribution >= 4 is 46.3 Å². The molecule has 0 heterocycles. The van der Waals surface area contributed by atoms with Crippen molar-refractivity contribution in [2.24, 2.45) is 0 Å². The minimum absolute atomic E-state index is 0. The summed E-state index contributed by atoms with van der Waals surface area (Å²) in [5.74, 6) is -11.0. The monoisotopic (exact) mass is 848 g/mol. The molecule has 0 bridgehead atoms. The maximum atomic E-state index is 11.3. The van der Waals surface area contributed by atoms with Gasteiger partial charge in [-0.3, -0.25) is 38.4 Å². The number of alkyl halides is 12. The minimum Gasteiger partial charge on any atom is -0.300 e. The van der Waals surface area contributed by atoms with Gasteiger partial charge in [0.25, 0.3) is 0 Å². The Morgan fingerprint density at radius 1 is 0.341 bits per heavy atom. The molecule has 0 aromatic carbocycles. The van der Waals surface area contributed by atoms with Crippen LogP contribution in [0.4, 0.5) is 52.7 Å². The van der Waals surface area contributed by atoms with Crippen LogP contribution in [0.2, 0.25) is 0 Å². The second-order valence-electron chi connectivity index (χ2n) is 7.20. The number of halogens is 12. The molecule has 8 nitrogen and oxygen atoms in total. The molecule has 0 fully saturated rings. The summed E-state index contributed by atoms with van der Waals surface area (Å²) in [6.07, 6.45) is -23.7. The molecule has 0 aliphatic carbocycles. The molecule has 0 unspecified atom stereocenters. The van der Waals surface area contributed by atoms with Gasteiger partial charge in [0.05, 0.1) is 25.7 Å². The van der Waals surface area contributed by atoms with Crippen molar-refractivity contribution in [3.05, 3.63) is 0 Å². The third-order valence-corrected chi connectivity index (χ3v) is 2.90. The molecular formula is C20H20F12O8Th. The van der Waals surface area contributed by atoms with Crippen LogP contribution < -0.4 is 0 Å². The van der Waals surface area contributed by atoms with Crippen LogP contribution >= 0.6 is 0 Å². The molecule has 0 saturated heterocycles. The van der Waals surface area contributed by atoms with Gasteiger partial charge in [0.1, 0.15) is 23.1 Å². The molecule has 0 rings (SSSR count). The summed E-state index contributed by atoms with van der Waals surface area (Å²) in [4.78, 5) is 79.6. The third kappa shape index (κ3) is 34.0. The van der Waals surface area contributed by atoms with Gasteiger partial charge in [0, 0.05) is 39.9 Å². The number of carbonyl (C=O) groups is 8. The predicted molar refractivity (Wildman–Crippen MR) is 105 cm³/mol. The Bertz CT molecular complexity index is 794. The number of carbonyl (C=O) groups excluding carboxylic acids is 8. The first kappa shape index (κ1) is 48.6. The Balaban J connectivity index is -0.000000139. The Hall–Kier alpha value is -2.16. The molecule has 0 aromatic heterocycles. The molecule has 21 heteroatoms. The van der Waals surface area contributed by atoms with Gasteiger partial charge >= 0.3 is 24.7 Å². The van der Waals surface area contributed by atoms with E-state index in [9.17, 15) is 91.0 Å². The number of ketones is 8. The fourth-order valence-corrected chi connectivity index (χ4v) is 1.31. The summed E-state index contributed by atoms with van der Waals surface area (Å²) in [7, 11) is 0. The average molecular weight is 848 g/mol. The molecule has 236 valence electrons. The van der Waals surface area contributed by atoms with E-state index in [0.29, 0.717) is 0 Å². The van der Waals surface area contributed by atoms with Crippen molar-refractivity contribution in [2.75, 3.05) is 0 Å². The van der Waals surface area contributed by atoms with E-state index in [1.54, 1.807) is 0 Å². The maximum Gasteiger partial charge on any atom is 0.450 e. The van der Waals surface area contributed by atoms with Crippen LogP contribution in [0.25, 0.3) is 0 Å². The normalized spacial score (nSPS) is 10.9. The van der Waals surface area contributed by atoms with Crippen LogP contribution in [0.3, 0.4) is 0 Å². The second kappa shape index (κ2) is 20.7. The molecule has 0 N–H and O–H groups in total. The van der Waals surface area contributed by atoms with E-state index < -0.39 is 96.7 Å². The van der Waals surface area contributed by atoms with Crippen LogP contribution in [0.15, 0.2) is 0 Å². The summed E-state index contributed by atoms with van der Waals surface area (Å²) < 4.78 is 136. The molecule has 0 amide bonds. The maximum absolute atomic E-state index is 11.3. The molecule has 0 aliphatic heterocycles. The van der Waals surface area contributed by atoms with Crippen LogP contribution in [0, 0.1) is 39.9 Å². The summed E-state index contributed by atoms with van der Waals surface area (Å²) >= 11 is 0. The second-order valence-corrected chi connectivity index (χ2v) is 7.20. The Morgan fingerprint density at radius 3 is 0.463 bits per heavy atom. The molecular weight excluding hydrogens is 828 g/mol. The summed E-state index contributed by atoms with van der Waals surface area (Å²) in [6, 6.07) is 0. The van der Waals surface area contributed by atoms with Crippen molar-refractivity contribution in [1.29, 1.82) is 0 Å². The topological polar surface area (TPSA) is 137 Å². The quantitative estimate of drug-likeness (QED) is 0.260. The molecule has 0 aliphatic rings. The molecule has 0 spiro atoms. The van der Waals surface area contributed by atoms with E-state index in [0.717, 1.165) is 27.7 Å². The number of Topliss-reactive ketones (excluding diaryl/α,β-unsaturated/α-hetero) is 8. The Labute approximate surface area is 254 Å². The van der Waals surface area contributed by atoms with Gasteiger partial charge in [0.2, 0.25) is 23.1 Å². The van der Waals surface area contributed by atoms with Gasteiger partial charge in [-0.2, -0.15) is 52.7 Å². The van der Waals surface area contributed by atoms with E-state index >= 15 is 0 Å². The van der Waals surface area contributed by atoms with Gasteiger partial charge < -0.3 is 0 Å². The molecule has 0 saturated carbocycles. The van der Waals surface area contributed by atoms with Crippen molar-refractivity contribution in [3.8, 4) is 0 Å². The van der Waals surface area contributed by atoms with Crippen LogP contribution in [0.5, 0.6) is 0 Å². The van der Waals surface area contributed by atoms with Gasteiger partial charge in [-0.05, 0) is 27.7 Å². The van der Waals surface area contributed by atoms with Gasteiger partial charge in [0.15, 0.2) is 0 Å². The molecule has 41 heavy (non-hydrogen) atoms. The van der Waals surface area contributed by atoms with E-state index in [1.165, 1.54) is 0 Å². The number of rotatable bonds is 8. The van der Waals surface area contributed by atoms with Crippen molar-refractivity contribution < 1.29 is 131 Å². The standard InChI is InChI=1S/4C5H5F3O2.Th/c4*1-3(9)2-4(10)5(6,7)8;/h4*2H2,1H3;.